The van der Waals surface area contributed by atoms with Gasteiger partial charge in [-0.1, -0.05) is 24.3 Å². The second kappa shape index (κ2) is 6.64. The molecule has 21 heavy (non-hydrogen) atoms. The minimum atomic E-state index is -0.0251. The van der Waals surface area contributed by atoms with E-state index in [0.29, 0.717) is 13.2 Å². The topological polar surface area (TPSA) is 29.5 Å². The zero-order chi connectivity index (χ0) is 14.7. The van der Waals surface area contributed by atoms with Gasteiger partial charge in [0.25, 0.3) is 0 Å². The Morgan fingerprint density at radius 1 is 1.24 bits per heavy atom. The molecular formula is C16H17NO2S2. The van der Waals surface area contributed by atoms with Crippen molar-refractivity contribution in [3.05, 3.63) is 52.7 Å². The molecular weight excluding hydrogens is 302 g/mol. The SMILES string of the molecule is COCCN1C(=O)[C@H](Sc2ccccc2)[C@H]1c1cccs1. The first-order chi connectivity index (χ1) is 10.3. The van der Waals surface area contributed by atoms with Crippen molar-refractivity contribution >= 4 is 29.0 Å². The van der Waals surface area contributed by atoms with Crippen molar-refractivity contribution in [3.63, 3.8) is 0 Å². The van der Waals surface area contributed by atoms with Crippen LogP contribution in [0.15, 0.2) is 52.7 Å². The smallest absolute Gasteiger partial charge is 0.239 e. The highest BCUT2D eigenvalue weighted by Gasteiger charge is 2.48. The van der Waals surface area contributed by atoms with Gasteiger partial charge in [0.05, 0.1) is 12.6 Å². The summed E-state index contributed by atoms with van der Waals surface area (Å²) in [5, 5.41) is 2.04. The number of nitrogens with zero attached hydrogens (tertiary/aromatic N) is 1. The van der Waals surface area contributed by atoms with Crippen LogP contribution in [-0.2, 0) is 9.53 Å². The minimum Gasteiger partial charge on any atom is -0.383 e. The van der Waals surface area contributed by atoms with Crippen molar-refractivity contribution < 1.29 is 9.53 Å². The first-order valence-corrected chi connectivity index (χ1v) is 8.61. The van der Waals surface area contributed by atoms with Crippen molar-refractivity contribution in [2.45, 2.75) is 16.2 Å². The van der Waals surface area contributed by atoms with Gasteiger partial charge >= 0.3 is 0 Å². The average Bonchev–Trinajstić information content (AvgIpc) is 3.03. The number of thiophene rings is 1. The summed E-state index contributed by atoms with van der Waals surface area (Å²) in [6, 6.07) is 14.4. The molecule has 0 N–H and O–H groups in total. The maximum Gasteiger partial charge on any atom is 0.239 e. The summed E-state index contributed by atoms with van der Waals surface area (Å²) in [5.41, 5.74) is 0. The summed E-state index contributed by atoms with van der Waals surface area (Å²) in [6.07, 6.45) is 0. The molecule has 2 aromatic rings. The van der Waals surface area contributed by atoms with Gasteiger partial charge in [0.2, 0.25) is 5.91 Å². The van der Waals surface area contributed by atoms with E-state index in [2.05, 4.69) is 23.6 Å². The number of benzene rings is 1. The third-order valence-corrected chi connectivity index (χ3v) is 5.73. The average molecular weight is 319 g/mol. The lowest BCUT2D eigenvalue weighted by Crippen LogP contribution is -2.57. The van der Waals surface area contributed by atoms with Crippen LogP contribution < -0.4 is 0 Å². The normalized spacial score (nSPS) is 21.4. The van der Waals surface area contributed by atoms with Gasteiger partial charge in [0.1, 0.15) is 5.25 Å². The summed E-state index contributed by atoms with van der Waals surface area (Å²) in [4.78, 5) is 16.7. The molecule has 2 atom stereocenters. The Labute approximate surface area is 132 Å². The number of thioether (sulfide) groups is 1. The van der Waals surface area contributed by atoms with Crippen LogP contribution in [0.4, 0.5) is 0 Å². The van der Waals surface area contributed by atoms with Crippen LogP contribution in [0.3, 0.4) is 0 Å². The van der Waals surface area contributed by atoms with E-state index in [0.717, 1.165) is 4.90 Å². The van der Waals surface area contributed by atoms with Gasteiger partial charge < -0.3 is 9.64 Å². The van der Waals surface area contributed by atoms with Gasteiger partial charge in [-0.05, 0) is 23.6 Å². The molecule has 1 aliphatic heterocycles. The van der Waals surface area contributed by atoms with E-state index in [1.54, 1.807) is 30.2 Å². The van der Waals surface area contributed by atoms with Crippen LogP contribution >= 0.6 is 23.1 Å². The molecule has 1 aromatic carbocycles. The predicted octanol–water partition coefficient (Wildman–Crippen LogP) is 3.44. The molecule has 2 heterocycles. The first-order valence-electron chi connectivity index (χ1n) is 6.86. The van der Waals surface area contributed by atoms with Crippen LogP contribution in [0.5, 0.6) is 0 Å². The number of amides is 1. The van der Waals surface area contributed by atoms with Gasteiger partial charge in [-0.2, -0.15) is 0 Å². The van der Waals surface area contributed by atoms with Gasteiger partial charge in [0.15, 0.2) is 0 Å². The van der Waals surface area contributed by atoms with Crippen LogP contribution in [0.25, 0.3) is 0 Å². The van der Waals surface area contributed by atoms with Crippen molar-refractivity contribution in [3.8, 4) is 0 Å². The van der Waals surface area contributed by atoms with E-state index in [9.17, 15) is 4.79 Å². The lowest BCUT2D eigenvalue weighted by molar-refractivity contribution is -0.145. The maximum absolute atomic E-state index is 12.4. The predicted molar refractivity (Wildman–Crippen MR) is 86.7 cm³/mol. The molecule has 1 amide bonds. The summed E-state index contributed by atoms with van der Waals surface area (Å²) in [6.45, 7) is 1.24. The lowest BCUT2D eigenvalue weighted by Gasteiger charge is -2.46. The van der Waals surface area contributed by atoms with Gasteiger partial charge in [-0.25, -0.2) is 0 Å². The van der Waals surface area contributed by atoms with E-state index in [1.165, 1.54) is 4.88 Å². The van der Waals surface area contributed by atoms with Crippen LogP contribution in [0, 0.1) is 0 Å². The van der Waals surface area contributed by atoms with Gasteiger partial charge in [-0.3, -0.25) is 4.79 Å². The molecule has 1 aliphatic rings. The van der Waals surface area contributed by atoms with Gasteiger partial charge in [0, 0.05) is 23.4 Å². The molecule has 0 radical (unpaired) electrons. The third-order valence-electron chi connectivity index (χ3n) is 3.53. The van der Waals surface area contributed by atoms with E-state index in [1.807, 2.05) is 29.2 Å². The van der Waals surface area contributed by atoms with Gasteiger partial charge in [-0.15, -0.1) is 23.1 Å². The van der Waals surface area contributed by atoms with E-state index in [-0.39, 0.29) is 17.2 Å². The molecule has 110 valence electrons. The first kappa shape index (κ1) is 14.6. The molecule has 0 bridgehead atoms. The number of hydrogen-bond acceptors (Lipinski definition) is 4. The second-order valence-corrected chi connectivity index (χ2v) is 7.03. The molecule has 0 spiro atoms. The quantitative estimate of drug-likeness (QED) is 0.764. The number of β-lactam (4-membered cyclic amide) rings is 1. The Balaban J connectivity index is 1.77. The third kappa shape index (κ3) is 3.00. The molecule has 1 aromatic heterocycles. The van der Waals surface area contributed by atoms with Crippen molar-refractivity contribution in [1.29, 1.82) is 0 Å². The monoisotopic (exact) mass is 319 g/mol. The summed E-state index contributed by atoms with van der Waals surface area (Å²) in [5.74, 6) is 0.208. The molecule has 0 aliphatic carbocycles. The fraction of sp³-hybridized carbons (Fsp3) is 0.312. The van der Waals surface area contributed by atoms with E-state index < -0.39 is 0 Å². The fourth-order valence-corrected chi connectivity index (χ4v) is 4.71. The second-order valence-electron chi connectivity index (χ2n) is 4.84. The Morgan fingerprint density at radius 3 is 2.71 bits per heavy atom. The number of rotatable bonds is 6. The molecule has 0 unspecified atom stereocenters. The van der Waals surface area contributed by atoms with Crippen molar-refractivity contribution in [2.24, 2.45) is 0 Å². The van der Waals surface area contributed by atoms with Crippen LogP contribution in [0.2, 0.25) is 0 Å². The zero-order valence-corrected chi connectivity index (χ0v) is 13.4. The largest absolute Gasteiger partial charge is 0.383 e. The van der Waals surface area contributed by atoms with E-state index in [4.69, 9.17) is 4.74 Å². The Kier molecular flexibility index (Phi) is 4.63. The van der Waals surface area contributed by atoms with Crippen LogP contribution in [0.1, 0.15) is 10.9 Å². The lowest BCUT2D eigenvalue weighted by atomic mass is 9.99. The molecule has 1 fully saturated rings. The number of hydrogen-bond donors (Lipinski definition) is 0. The Bertz CT molecular complexity index is 586. The molecule has 3 nitrogen and oxygen atoms in total. The zero-order valence-electron chi connectivity index (χ0n) is 11.8. The standard InChI is InChI=1S/C16H17NO2S2/c1-19-10-9-17-14(13-8-5-11-20-13)15(16(17)18)21-12-6-3-2-4-7-12/h2-8,11,14-15H,9-10H2,1H3/t14-,15-/m1/s1. The summed E-state index contributed by atoms with van der Waals surface area (Å²) in [7, 11) is 1.67. The minimum absolute atomic E-state index is 0.0251. The number of methoxy groups -OCH3 is 1. The highest BCUT2D eigenvalue weighted by Crippen LogP contribution is 2.45. The molecule has 0 saturated carbocycles. The maximum atomic E-state index is 12.4. The van der Waals surface area contributed by atoms with Crippen molar-refractivity contribution in [2.75, 3.05) is 20.3 Å². The van der Waals surface area contributed by atoms with Crippen LogP contribution in [-0.4, -0.2) is 36.3 Å². The summed E-state index contributed by atoms with van der Waals surface area (Å²) < 4.78 is 5.12. The molecule has 1 saturated heterocycles. The number of likely N-dealkylation sites (tertiary alicyclic amines) is 1. The number of carbonyl (C=O) groups excluding carboxylic acids is 1. The highest BCUT2D eigenvalue weighted by molar-refractivity contribution is 8.00. The summed E-state index contributed by atoms with van der Waals surface area (Å²) >= 11 is 3.37. The highest BCUT2D eigenvalue weighted by atomic mass is 32.2. The number of ether oxygens (including phenoxy) is 1. The Morgan fingerprint density at radius 2 is 2.05 bits per heavy atom. The molecule has 5 heteroatoms. The Hall–Kier alpha value is -1.30. The fourth-order valence-electron chi connectivity index (χ4n) is 2.48. The molecule has 3 rings (SSSR count). The van der Waals surface area contributed by atoms with Crippen molar-refractivity contribution in [1.82, 2.24) is 4.90 Å². The number of carbonyl (C=O) groups is 1. The van der Waals surface area contributed by atoms with E-state index >= 15 is 0 Å².